The van der Waals surface area contributed by atoms with Crippen molar-refractivity contribution in [2.45, 2.75) is 32.9 Å². The van der Waals surface area contributed by atoms with Gasteiger partial charge in [-0.1, -0.05) is 35.0 Å². The van der Waals surface area contributed by atoms with Crippen LogP contribution in [0.3, 0.4) is 0 Å². The molecule has 1 unspecified atom stereocenters. The van der Waals surface area contributed by atoms with E-state index in [0.717, 1.165) is 32.8 Å². The maximum absolute atomic E-state index is 5.27. The molecule has 1 aromatic carbocycles. The molecule has 1 heterocycles. The highest BCUT2D eigenvalue weighted by Gasteiger charge is 2.22. The quantitative estimate of drug-likeness (QED) is 0.724. The molecule has 0 aliphatic carbocycles. The summed E-state index contributed by atoms with van der Waals surface area (Å²) in [6, 6.07) is 6.75. The van der Waals surface area contributed by atoms with Crippen LogP contribution in [0.4, 0.5) is 0 Å². The molecule has 2 rings (SSSR count). The molecule has 118 valence electrons. The Kier molecular flexibility index (Phi) is 7.17. The van der Waals surface area contributed by atoms with Gasteiger partial charge in [-0.2, -0.15) is 0 Å². The van der Waals surface area contributed by atoms with E-state index in [2.05, 4.69) is 51.3 Å². The summed E-state index contributed by atoms with van der Waals surface area (Å²) in [5, 5.41) is 3.45. The Morgan fingerprint density at radius 3 is 3.00 bits per heavy atom. The Balaban J connectivity index is 1.86. The standard InChI is InChI=1S/C17H27BrN2O/c1-3-7-19-10-14-4-5-16(17(18)9-14)12-20-8-6-15(11-20)13-21-2/h4-5,9,15,19H,3,6-8,10-13H2,1-2H3. The van der Waals surface area contributed by atoms with Gasteiger partial charge in [-0.3, -0.25) is 4.90 Å². The zero-order chi connectivity index (χ0) is 15.1. The van der Waals surface area contributed by atoms with Crippen LogP contribution in [-0.2, 0) is 17.8 Å². The van der Waals surface area contributed by atoms with Crippen LogP contribution in [0.15, 0.2) is 22.7 Å². The normalized spacial score (nSPS) is 19.3. The number of benzene rings is 1. The Bertz CT molecular complexity index is 439. The van der Waals surface area contributed by atoms with E-state index in [1.54, 1.807) is 7.11 Å². The molecule has 1 N–H and O–H groups in total. The van der Waals surface area contributed by atoms with Crippen LogP contribution in [0.25, 0.3) is 0 Å². The summed E-state index contributed by atoms with van der Waals surface area (Å²) in [5.74, 6) is 0.700. The van der Waals surface area contributed by atoms with Gasteiger partial charge in [0.15, 0.2) is 0 Å². The van der Waals surface area contributed by atoms with E-state index in [9.17, 15) is 0 Å². The molecule has 1 saturated heterocycles. The summed E-state index contributed by atoms with van der Waals surface area (Å²) < 4.78 is 6.50. The van der Waals surface area contributed by atoms with Gasteiger partial charge >= 0.3 is 0 Å². The number of nitrogens with one attached hydrogen (secondary N) is 1. The minimum Gasteiger partial charge on any atom is -0.384 e. The first-order valence-corrected chi connectivity index (χ1v) is 8.71. The average molecular weight is 355 g/mol. The van der Waals surface area contributed by atoms with E-state index in [0.29, 0.717) is 5.92 Å². The summed E-state index contributed by atoms with van der Waals surface area (Å²) in [6.07, 6.45) is 2.43. The zero-order valence-corrected chi connectivity index (χ0v) is 14.8. The molecule has 3 nitrogen and oxygen atoms in total. The van der Waals surface area contributed by atoms with Crippen molar-refractivity contribution in [3.05, 3.63) is 33.8 Å². The SMILES string of the molecule is CCCNCc1ccc(CN2CCC(COC)C2)c(Br)c1. The van der Waals surface area contributed by atoms with Crippen LogP contribution in [0.2, 0.25) is 0 Å². The van der Waals surface area contributed by atoms with Crippen LogP contribution >= 0.6 is 15.9 Å². The van der Waals surface area contributed by atoms with E-state index in [-0.39, 0.29) is 0 Å². The second-order valence-electron chi connectivity index (χ2n) is 5.95. The van der Waals surface area contributed by atoms with Crippen molar-refractivity contribution in [2.75, 3.05) is 33.4 Å². The van der Waals surface area contributed by atoms with E-state index in [1.165, 1.54) is 35.0 Å². The molecule has 0 amide bonds. The molecular formula is C17H27BrN2O. The molecule has 0 bridgehead atoms. The fraction of sp³-hybridized carbons (Fsp3) is 0.647. The Morgan fingerprint density at radius 2 is 2.29 bits per heavy atom. The minimum absolute atomic E-state index is 0.700. The molecule has 0 spiro atoms. The molecule has 1 aliphatic heterocycles. The van der Waals surface area contributed by atoms with Crippen molar-refractivity contribution >= 4 is 15.9 Å². The lowest BCUT2D eigenvalue weighted by molar-refractivity contribution is 0.152. The Morgan fingerprint density at radius 1 is 1.43 bits per heavy atom. The van der Waals surface area contributed by atoms with Crippen molar-refractivity contribution < 1.29 is 4.74 Å². The van der Waals surface area contributed by atoms with Gasteiger partial charge in [0.1, 0.15) is 0 Å². The highest BCUT2D eigenvalue weighted by Crippen LogP contribution is 2.24. The third kappa shape index (κ3) is 5.37. The molecule has 1 aliphatic rings. The van der Waals surface area contributed by atoms with Gasteiger partial charge < -0.3 is 10.1 Å². The fourth-order valence-electron chi connectivity index (χ4n) is 2.91. The maximum Gasteiger partial charge on any atom is 0.0503 e. The number of nitrogens with zero attached hydrogens (tertiary/aromatic N) is 1. The molecule has 0 saturated carbocycles. The molecule has 1 atom stereocenters. The third-order valence-corrected chi connectivity index (χ3v) is 4.78. The first kappa shape index (κ1) is 16.9. The van der Waals surface area contributed by atoms with Crippen molar-refractivity contribution in [3.63, 3.8) is 0 Å². The van der Waals surface area contributed by atoms with Crippen LogP contribution in [0.1, 0.15) is 30.9 Å². The second kappa shape index (κ2) is 8.89. The van der Waals surface area contributed by atoms with Gasteiger partial charge in [-0.05, 0) is 49.0 Å². The Labute approximate surface area is 137 Å². The number of hydrogen-bond donors (Lipinski definition) is 1. The number of methoxy groups -OCH3 is 1. The fourth-order valence-corrected chi connectivity index (χ4v) is 3.46. The summed E-state index contributed by atoms with van der Waals surface area (Å²) in [7, 11) is 1.80. The van der Waals surface area contributed by atoms with Crippen molar-refractivity contribution in [1.29, 1.82) is 0 Å². The number of likely N-dealkylation sites (tertiary alicyclic amines) is 1. The number of hydrogen-bond acceptors (Lipinski definition) is 3. The molecule has 0 aromatic heterocycles. The van der Waals surface area contributed by atoms with E-state index < -0.39 is 0 Å². The third-order valence-electron chi connectivity index (χ3n) is 4.04. The van der Waals surface area contributed by atoms with Gasteiger partial charge in [0, 0.05) is 31.2 Å². The van der Waals surface area contributed by atoms with Gasteiger partial charge in [0.2, 0.25) is 0 Å². The van der Waals surface area contributed by atoms with E-state index >= 15 is 0 Å². The average Bonchev–Trinajstić information content (AvgIpc) is 2.90. The zero-order valence-electron chi connectivity index (χ0n) is 13.2. The first-order valence-electron chi connectivity index (χ1n) is 7.92. The van der Waals surface area contributed by atoms with E-state index in [1.807, 2.05) is 0 Å². The second-order valence-corrected chi connectivity index (χ2v) is 6.80. The van der Waals surface area contributed by atoms with Crippen molar-refractivity contribution in [2.24, 2.45) is 5.92 Å². The highest BCUT2D eigenvalue weighted by molar-refractivity contribution is 9.10. The highest BCUT2D eigenvalue weighted by atomic mass is 79.9. The van der Waals surface area contributed by atoms with Crippen LogP contribution in [0.5, 0.6) is 0 Å². The van der Waals surface area contributed by atoms with Gasteiger partial charge in [-0.15, -0.1) is 0 Å². The molecule has 1 aromatic rings. The summed E-state index contributed by atoms with van der Waals surface area (Å²) in [5.41, 5.74) is 2.73. The summed E-state index contributed by atoms with van der Waals surface area (Å²) >= 11 is 3.73. The van der Waals surface area contributed by atoms with Crippen molar-refractivity contribution in [3.8, 4) is 0 Å². The van der Waals surface area contributed by atoms with Gasteiger partial charge in [0.05, 0.1) is 6.61 Å². The van der Waals surface area contributed by atoms with E-state index in [4.69, 9.17) is 4.74 Å². The topological polar surface area (TPSA) is 24.5 Å². The van der Waals surface area contributed by atoms with Crippen LogP contribution in [0, 0.1) is 5.92 Å². The van der Waals surface area contributed by atoms with Gasteiger partial charge in [0.25, 0.3) is 0 Å². The predicted molar refractivity (Wildman–Crippen MR) is 91.4 cm³/mol. The maximum atomic E-state index is 5.27. The molecular weight excluding hydrogens is 328 g/mol. The lowest BCUT2D eigenvalue weighted by atomic mass is 10.1. The number of halogens is 1. The lowest BCUT2D eigenvalue weighted by Gasteiger charge is -2.17. The lowest BCUT2D eigenvalue weighted by Crippen LogP contribution is -2.21. The molecule has 1 fully saturated rings. The van der Waals surface area contributed by atoms with Crippen LogP contribution < -0.4 is 5.32 Å². The Hall–Kier alpha value is -0.420. The number of ether oxygens (including phenoxy) is 1. The first-order chi connectivity index (χ1) is 10.2. The predicted octanol–water partition coefficient (Wildman–Crippen LogP) is 3.42. The molecule has 0 radical (unpaired) electrons. The summed E-state index contributed by atoms with van der Waals surface area (Å²) in [6.45, 7) is 8.48. The largest absolute Gasteiger partial charge is 0.384 e. The minimum atomic E-state index is 0.700. The monoisotopic (exact) mass is 354 g/mol. The van der Waals surface area contributed by atoms with Crippen LogP contribution in [-0.4, -0.2) is 38.3 Å². The summed E-state index contributed by atoms with van der Waals surface area (Å²) in [4.78, 5) is 2.53. The number of rotatable bonds is 8. The smallest absolute Gasteiger partial charge is 0.0503 e. The molecule has 21 heavy (non-hydrogen) atoms. The molecule has 4 heteroatoms. The van der Waals surface area contributed by atoms with Crippen molar-refractivity contribution in [1.82, 2.24) is 10.2 Å². The van der Waals surface area contributed by atoms with Gasteiger partial charge in [-0.25, -0.2) is 0 Å².